The maximum Gasteiger partial charge on any atom is 0.416 e. The van der Waals surface area contributed by atoms with Gasteiger partial charge in [-0.05, 0) is 54.5 Å². The van der Waals surface area contributed by atoms with E-state index in [4.69, 9.17) is 0 Å². The zero-order valence-corrected chi connectivity index (χ0v) is 18.7. The van der Waals surface area contributed by atoms with E-state index in [1.807, 2.05) is 0 Å². The number of benzene rings is 2. The summed E-state index contributed by atoms with van der Waals surface area (Å²) in [6.45, 7) is 3.92. The molecule has 0 aliphatic heterocycles. The average Bonchev–Trinajstić information content (AvgIpc) is 2.74. The van der Waals surface area contributed by atoms with Crippen LogP contribution in [0.25, 0.3) is 10.9 Å². The highest BCUT2D eigenvalue weighted by Crippen LogP contribution is 2.34. The number of hydrogen-bond acceptors (Lipinski definition) is 3. The summed E-state index contributed by atoms with van der Waals surface area (Å²) in [5, 5.41) is 3.68. The van der Waals surface area contributed by atoms with Gasteiger partial charge in [0.25, 0.3) is 5.91 Å². The number of amides is 1. The zero-order chi connectivity index (χ0) is 23.3. The van der Waals surface area contributed by atoms with E-state index in [2.05, 4.69) is 17.2 Å². The van der Waals surface area contributed by atoms with Crippen LogP contribution < -0.4 is 5.32 Å². The number of carbonyl (C=O) groups is 1. The Labute approximate surface area is 188 Å². The Balaban J connectivity index is 1.97. The maximum absolute atomic E-state index is 13.4. The first-order valence-electron chi connectivity index (χ1n) is 10.4. The third-order valence-corrected chi connectivity index (χ3v) is 6.16. The second kappa shape index (κ2) is 10.3. The standard InChI is InChI=1S/C24H24F4N2OS/c1-3-4-5-11-32-23-21(22(31)29-14-16-7-6-8-18(25)12-16)15(2)19-10-9-17(24(26,27)28)13-20(19)30-23/h6-10,12-13H,3-5,11,14H2,1-2H3,(H,29,31). The number of aryl methyl sites for hydroxylation is 1. The van der Waals surface area contributed by atoms with Crippen LogP contribution in [0.5, 0.6) is 0 Å². The molecule has 0 aliphatic carbocycles. The van der Waals surface area contributed by atoms with Crippen molar-refractivity contribution in [3.63, 3.8) is 0 Å². The minimum atomic E-state index is -4.47. The minimum Gasteiger partial charge on any atom is -0.348 e. The van der Waals surface area contributed by atoms with Gasteiger partial charge >= 0.3 is 6.18 Å². The van der Waals surface area contributed by atoms with E-state index in [0.717, 1.165) is 31.4 Å². The number of nitrogens with one attached hydrogen (secondary N) is 1. The molecule has 1 aromatic heterocycles. The Morgan fingerprint density at radius 3 is 2.59 bits per heavy atom. The summed E-state index contributed by atoms with van der Waals surface area (Å²) in [6.07, 6.45) is -1.52. The van der Waals surface area contributed by atoms with Crippen LogP contribution in [0.1, 0.15) is 53.2 Å². The van der Waals surface area contributed by atoms with Gasteiger partial charge in [0, 0.05) is 11.9 Å². The van der Waals surface area contributed by atoms with Gasteiger partial charge in [-0.2, -0.15) is 13.2 Å². The number of carbonyl (C=O) groups excluding carboxylic acids is 1. The third kappa shape index (κ3) is 5.79. The first-order valence-corrected chi connectivity index (χ1v) is 11.4. The molecule has 2 aromatic carbocycles. The third-order valence-electron chi connectivity index (χ3n) is 5.10. The fourth-order valence-corrected chi connectivity index (χ4v) is 4.48. The number of nitrogens with zero attached hydrogens (tertiary/aromatic N) is 1. The Kier molecular flexibility index (Phi) is 7.77. The van der Waals surface area contributed by atoms with Gasteiger partial charge in [-0.25, -0.2) is 9.37 Å². The second-order valence-corrected chi connectivity index (χ2v) is 8.60. The lowest BCUT2D eigenvalue weighted by Gasteiger charge is -2.16. The molecule has 0 bridgehead atoms. The Hall–Kier alpha value is -2.61. The van der Waals surface area contributed by atoms with E-state index in [1.54, 1.807) is 19.1 Å². The lowest BCUT2D eigenvalue weighted by Crippen LogP contribution is -2.25. The monoisotopic (exact) mass is 464 g/mol. The highest BCUT2D eigenvalue weighted by atomic mass is 32.2. The summed E-state index contributed by atoms with van der Waals surface area (Å²) in [4.78, 5) is 17.5. The predicted octanol–water partition coefficient (Wildman–Crippen LogP) is 6.91. The summed E-state index contributed by atoms with van der Waals surface area (Å²) >= 11 is 1.37. The van der Waals surface area contributed by atoms with Crippen LogP contribution >= 0.6 is 11.8 Å². The van der Waals surface area contributed by atoms with Crippen molar-refractivity contribution in [2.45, 2.75) is 50.9 Å². The van der Waals surface area contributed by atoms with Gasteiger partial charge in [0.2, 0.25) is 0 Å². The zero-order valence-electron chi connectivity index (χ0n) is 17.9. The molecule has 1 N–H and O–H groups in total. The molecule has 0 fully saturated rings. The van der Waals surface area contributed by atoms with Crippen molar-refractivity contribution in [2.24, 2.45) is 0 Å². The molecule has 0 spiro atoms. The quantitative estimate of drug-likeness (QED) is 0.224. The fourth-order valence-electron chi connectivity index (χ4n) is 3.39. The second-order valence-electron chi connectivity index (χ2n) is 7.51. The van der Waals surface area contributed by atoms with Gasteiger partial charge < -0.3 is 5.32 Å². The van der Waals surface area contributed by atoms with Gasteiger partial charge in [0.15, 0.2) is 0 Å². The molecule has 0 saturated carbocycles. The number of hydrogen-bond donors (Lipinski definition) is 1. The average molecular weight is 465 g/mol. The first-order chi connectivity index (χ1) is 15.2. The van der Waals surface area contributed by atoms with Crippen LogP contribution in [0.15, 0.2) is 47.5 Å². The molecule has 0 radical (unpaired) electrons. The van der Waals surface area contributed by atoms with Crippen LogP contribution in [-0.2, 0) is 12.7 Å². The summed E-state index contributed by atoms with van der Waals surface area (Å²) < 4.78 is 53.0. The molecule has 0 saturated heterocycles. The lowest BCUT2D eigenvalue weighted by atomic mass is 10.0. The first kappa shape index (κ1) is 24.0. The van der Waals surface area contributed by atoms with Gasteiger partial charge in [-0.15, -0.1) is 11.8 Å². The van der Waals surface area contributed by atoms with E-state index in [9.17, 15) is 22.4 Å². The van der Waals surface area contributed by atoms with Crippen LogP contribution in [-0.4, -0.2) is 16.6 Å². The smallest absolute Gasteiger partial charge is 0.348 e. The largest absolute Gasteiger partial charge is 0.416 e. The van der Waals surface area contributed by atoms with Gasteiger partial charge in [-0.1, -0.05) is 38.0 Å². The molecular formula is C24H24F4N2OS. The van der Waals surface area contributed by atoms with Crippen molar-refractivity contribution in [2.75, 3.05) is 5.75 Å². The molecule has 170 valence electrons. The van der Waals surface area contributed by atoms with Crippen molar-refractivity contribution in [3.8, 4) is 0 Å². The number of rotatable bonds is 8. The predicted molar refractivity (Wildman–Crippen MR) is 119 cm³/mol. The number of unbranched alkanes of at least 4 members (excludes halogenated alkanes) is 2. The lowest BCUT2D eigenvalue weighted by molar-refractivity contribution is -0.137. The molecular weight excluding hydrogens is 440 g/mol. The summed E-state index contributed by atoms with van der Waals surface area (Å²) in [5.74, 6) is -0.0819. The van der Waals surface area contributed by atoms with E-state index >= 15 is 0 Å². The molecule has 0 unspecified atom stereocenters. The van der Waals surface area contributed by atoms with Crippen molar-refractivity contribution in [1.29, 1.82) is 0 Å². The van der Waals surface area contributed by atoms with Crippen LogP contribution in [0.3, 0.4) is 0 Å². The number of halogens is 4. The van der Waals surface area contributed by atoms with Crippen molar-refractivity contribution in [1.82, 2.24) is 10.3 Å². The topological polar surface area (TPSA) is 42.0 Å². The van der Waals surface area contributed by atoms with E-state index in [0.29, 0.717) is 32.9 Å². The van der Waals surface area contributed by atoms with E-state index in [-0.39, 0.29) is 18.0 Å². The van der Waals surface area contributed by atoms with Crippen molar-refractivity contribution in [3.05, 3.63) is 70.5 Å². The molecule has 32 heavy (non-hydrogen) atoms. The highest BCUT2D eigenvalue weighted by molar-refractivity contribution is 7.99. The summed E-state index contributed by atoms with van der Waals surface area (Å²) in [6, 6.07) is 9.30. The van der Waals surface area contributed by atoms with Gasteiger partial charge in [-0.3, -0.25) is 4.79 Å². The number of thioether (sulfide) groups is 1. The normalized spacial score (nSPS) is 11.7. The molecule has 1 heterocycles. The Morgan fingerprint density at radius 1 is 1.12 bits per heavy atom. The van der Waals surface area contributed by atoms with Gasteiger partial charge in [0.1, 0.15) is 10.8 Å². The van der Waals surface area contributed by atoms with Gasteiger partial charge in [0.05, 0.1) is 16.6 Å². The van der Waals surface area contributed by atoms with Crippen LogP contribution in [0.4, 0.5) is 17.6 Å². The summed E-state index contributed by atoms with van der Waals surface area (Å²) in [5.41, 5.74) is 0.949. The highest BCUT2D eigenvalue weighted by Gasteiger charge is 2.31. The Morgan fingerprint density at radius 2 is 1.91 bits per heavy atom. The molecule has 1 amide bonds. The molecule has 3 rings (SSSR count). The Bertz CT molecular complexity index is 1120. The molecule has 0 atom stereocenters. The number of alkyl halides is 3. The van der Waals surface area contributed by atoms with E-state index in [1.165, 1.54) is 30.0 Å². The fraction of sp³-hybridized carbons (Fsp3) is 0.333. The number of fused-ring (bicyclic) bond motifs is 1. The molecule has 8 heteroatoms. The number of pyridine rings is 1. The number of aromatic nitrogens is 1. The molecule has 3 aromatic rings. The van der Waals surface area contributed by atoms with Crippen LogP contribution in [0, 0.1) is 12.7 Å². The summed E-state index contributed by atoms with van der Waals surface area (Å²) in [7, 11) is 0. The SMILES string of the molecule is CCCCCSc1nc2cc(C(F)(F)F)ccc2c(C)c1C(=O)NCc1cccc(F)c1. The van der Waals surface area contributed by atoms with Crippen molar-refractivity contribution >= 4 is 28.6 Å². The maximum atomic E-state index is 13.4. The van der Waals surface area contributed by atoms with E-state index < -0.39 is 17.6 Å². The minimum absolute atomic E-state index is 0.126. The van der Waals surface area contributed by atoms with Crippen LogP contribution in [0.2, 0.25) is 0 Å². The van der Waals surface area contributed by atoms with Crippen molar-refractivity contribution < 1.29 is 22.4 Å². The molecule has 0 aliphatic rings. The molecule has 3 nitrogen and oxygen atoms in total.